The minimum atomic E-state index is 0.0243. The average Bonchev–Trinajstić information content (AvgIpc) is 3.28. The smallest absolute Gasteiger partial charge is 0.238 e. The number of rotatable bonds is 6. The highest BCUT2D eigenvalue weighted by molar-refractivity contribution is 7.08. The summed E-state index contributed by atoms with van der Waals surface area (Å²) in [5, 5.41) is 8.36. The van der Waals surface area contributed by atoms with Crippen LogP contribution in [0.1, 0.15) is 5.56 Å². The number of halogens is 2. The van der Waals surface area contributed by atoms with Crippen molar-refractivity contribution in [2.24, 2.45) is 0 Å². The van der Waals surface area contributed by atoms with Crippen LogP contribution in [0.25, 0.3) is 11.1 Å². The summed E-state index contributed by atoms with van der Waals surface area (Å²) >= 11 is 13.8. The van der Waals surface area contributed by atoms with Gasteiger partial charge in [-0.25, -0.2) is 0 Å². The van der Waals surface area contributed by atoms with Crippen LogP contribution < -0.4 is 5.32 Å². The second-order valence-corrected chi connectivity index (χ2v) is 9.03. The van der Waals surface area contributed by atoms with Gasteiger partial charge >= 0.3 is 0 Å². The van der Waals surface area contributed by atoms with Crippen LogP contribution in [0.15, 0.2) is 59.3 Å². The Kier molecular flexibility index (Phi) is 7.08. The van der Waals surface area contributed by atoms with Gasteiger partial charge in [-0.05, 0) is 57.8 Å². The summed E-state index contributed by atoms with van der Waals surface area (Å²) in [6.45, 7) is 4.82. The largest absolute Gasteiger partial charge is 0.325 e. The number of amides is 1. The lowest BCUT2D eigenvalue weighted by molar-refractivity contribution is -0.117. The first kappa shape index (κ1) is 21.3. The van der Waals surface area contributed by atoms with Gasteiger partial charge in [-0.2, -0.15) is 11.3 Å². The molecule has 2 heterocycles. The third-order valence-electron chi connectivity index (χ3n) is 5.25. The molecule has 1 aliphatic heterocycles. The molecule has 2 aromatic carbocycles. The lowest BCUT2D eigenvalue weighted by Crippen LogP contribution is -2.48. The molecule has 1 aliphatic rings. The number of hydrogen-bond acceptors (Lipinski definition) is 4. The Morgan fingerprint density at radius 2 is 1.63 bits per heavy atom. The van der Waals surface area contributed by atoms with E-state index in [1.807, 2.05) is 42.5 Å². The maximum Gasteiger partial charge on any atom is 0.238 e. The Morgan fingerprint density at radius 1 is 0.900 bits per heavy atom. The molecule has 156 valence electrons. The van der Waals surface area contributed by atoms with Gasteiger partial charge in [0.15, 0.2) is 0 Å². The first-order valence-corrected chi connectivity index (χ1v) is 11.6. The van der Waals surface area contributed by atoms with Crippen molar-refractivity contribution in [1.82, 2.24) is 9.80 Å². The Morgan fingerprint density at radius 3 is 2.30 bits per heavy atom. The lowest BCUT2D eigenvalue weighted by atomic mass is 10.1. The quantitative estimate of drug-likeness (QED) is 0.529. The zero-order valence-corrected chi connectivity index (χ0v) is 18.8. The van der Waals surface area contributed by atoms with Crippen molar-refractivity contribution in [1.29, 1.82) is 0 Å². The monoisotopic (exact) mass is 459 g/mol. The summed E-state index contributed by atoms with van der Waals surface area (Å²) in [6, 6.07) is 15.9. The molecule has 1 aromatic heterocycles. The Hall–Kier alpha value is -1.89. The predicted octanol–water partition coefficient (Wildman–Crippen LogP) is 5.48. The number of hydrogen-bond donors (Lipinski definition) is 1. The molecule has 30 heavy (non-hydrogen) atoms. The van der Waals surface area contributed by atoms with Gasteiger partial charge in [-0.1, -0.05) is 41.4 Å². The summed E-state index contributed by atoms with van der Waals surface area (Å²) in [4.78, 5) is 17.0. The predicted molar refractivity (Wildman–Crippen MR) is 127 cm³/mol. The van der Waals surface area contributed by atoms with Crippen LogP contribution in [0, 0.1) is 0 Å². The molecule has 7 heteroatoms. The number of benzene rings is 2. The molecule has 4 nitrogen and oxygen atoms in total. The van der Waals surface area contributed by atoms with Crippen molar-refractivity contribution in [3.63, 3.8) is 0 Å². The van der Waals surface area contributed by atoms with E-state index in [2.05, 4.69) is 31.9 Å². The number of nitrogens with zero attached hydrogens (tertiary/aromatic N) is 2. The number of carbonyl (C=O) groups excluding carboxylic acids is 1. The number of nitrogens with one attached hydrogen (secondary N) is 1. The highest BCUT2D eigenvalue weighted by Gasteiger charge is 2.19. The molecule has 1 fully saturated rings. The standard InChI is InChI=1S/C23H23Cl2N3OS/c24-21-6-1-17(13-22(21)25)14-27-8-10-28(11-9-27)15-23(29)26-20-4-2-18(3-5-20)19-7-12-30-16-19/h1-7,12-13,16H,8-11,14-15H2,(H,26,29). The zero-order chi connectivity index (χ0) is 20.9. The third-order valence-corrected chi connectivity index (χ3v) is 6.67. The molecule has 0 bridgehead atoms. The Bertz CT molecular complexity index is 984. The van der Waals surface area contributed by atoms with Crippen molar-refractivity contribution in [2.75, 3.05) is 38.0 Å². The van der Waals surface area contributed by atoms with Gasteiger partial charge in [0.25, 0.3) is 0 Å². The van der Waals surface area contributed by atoms with Crippen molar-refractivity contribution in [3.8, 4) is 11.1 Å². The van der Waals surface area contributed by atoms with Gasteiger partial charge in [0.2, 0.25) is 5.91 Å². The van der Waals surface area contributed by atoms with Crippen LogP contribution in [-0.2, 0) is 11.3 Å². The topological polar surface area (TPSA) is 35.6 Å². The molecule has 0 aliphatic carbocycles. The fourth-order valence-electron chi connectivity index (χ4n) is 3.58. The molecule has 0 unspecified atom stereocenters. The fraction of sp³-hybridized carbons (Fsp3) is 0.261. The van der Waals surface area contributed by atoms with E-state index in [9.17, 15) is 4.79 Å². The number of carbonyl (C=O) groups is 1. The Labute approximate surface area is 191 Å². The van der Waals surface area contributed by atoms with Gasteiger partial charge < -0.3 is 5.32 Å². The fourth-order valence-corrected chi connectivity index (χ4v) is 4.57. The number of thiophene rings is 1. The first-order chi connectivity index (χ1) is 14.6. The van der Waals surface area contributed by atoms with Crippen LogP contribution in [0.5, 0.6) is 0 Å². The van der Waals surface area contributed by atoms with Crippen molar-refractivity contribution in [2.45, 2.75) is 6.54 Å². The molecule has 0 atom stereocenters. The number of piperazine rings is 1. The van der Waals surface area contributed by atoms with Crippen molar-refractivity contribution in [3.05, 3.63) is 74.9 Å². The highest BCUT2D eigenvalue weighted by Crippen LogP contribution is 2.24. The second-order valence-electron chi connectivity index (χ2n) is 7.44. The molecular formula is C23H23Cl2N3OS. The first-order valence-electron chi connectivity index (χ1n) is 9.88. The zero-order valence-electron chi connectivity index (χ0n) is 16.5. The molecule has 3 aromatic rings. The summed E-state index contributed by atoms with van der Waals surface area (Å²) < 4.78 is 0. The van der Waals surface area contributed by atoms with Crippen molar-refractivity contribution >= 4 is 46.1 Å². The van der Waals surface area contributed by atoms with Crippen molar-refractivity contribution < 1.29 is 4.79 Å². The van der Waals surface area contributed by atoms with Crippen LogP contribution in [0.4, 0.5) is 5.69 Å². The normalized spacial score (nSPS) is 15.3. The van der Waals surface area contributed by atoms with Gasteiger partial charge in [0.05, 0.1) is 16.6 Å². The average molecular weight is 460 g/mol. The van der Waals surface area contributed by atoms with E-state index in [-0.39, 0.29) is 5.91 Å². The minimum absolute atomic E-state index is 0.0243. The van der Waals surface area contributed by atoms with E-state index in [1.54, 1.807) is 11.3 Å². The minimum Gasteiger partial charge on any atom is -0.325 e. The van der Waals surface area contributed by atoms with E-state index in [4.69, 9.17) is 23.2 Å². The van der Waals surface area contributed by atoms with Crippen LogP contribution in [0.3, 0.4) is 0 Å². The van der Waals surface area contributed by atoms with E-state index in [1.165, 1.54) is 5.56 Å². The van der Waals surface area contributed by atoms with Gasteiger partial charge in [0, 0.05) is 38.4 Å². The summed E-state index contributed by atoms with van der Waals surface area (Å²) in [6.07, 6.45) is 0. The van der Waals surface area contributed by atoms with E-state index >= 15 is 0 Å². The molecule has 0 saturated carbocycles. The summed E-state index contributed by atoms with van der Waals surface area (Å²) in [5.74, 6) is 0.0243. The van der Waals surface area contributed by atoms with Gasteiger partial charge in [0.1, 0.15) is 0 Å². The van der Waals surface area contributed by atoms with Gasteiger partial charge in [-0.3, -0.25) is 14.6 Å². The SMILES string of the molecule is O=C(CN1CCN(Cc2ccc(Cl)c(Cl)c2)CC1)Nc1ccc(-c2ccsc2)cc1. The van der Waals surface area contributed by atoms with Gasteiger partial charge in [-0.15, -0.1) is 0 Å². The molecule has 4 rings (SSSR count). The molecular weight excluding hydrogens is 437 g/mol. The highest BCUT2D eigenvalue weighted by atomic mass is 35.5. The molecule has 1 saturated heterocycles. The molecule has 0 radical (unpaired) electrons. The van der Waals surface area contributed by atoms with E-state index in [0.717, 1.165) is 49.5 Å². The molecule has 0 spiro atoms. The van der Waals surface area contributed by atoms with Crippen LogP contribution in [0.2, 0.25) is 10.0 Å². The lowest BCUT2D eigenvalue weighted by Gasteiger charge is -2.34. The maximum atomic E-state index is 12.4. The summed E-state index contributed by atoms with van der Waals surface area (Å²) in [5.41, 5.74) is 4.35. The van der Waals surface area contributed by atoms with E-state index in [0.29, 0.717) is 16.6 Å². The summed E-state index contributed by atoms with van der Waals surface area (Å²) in [7, 11) is 0. The van der Waals surface area contributed by atoms with E-state index < -0.39 is 0 Å². The van der Waals surface area contributed by atoms with Crippen LogP contribution in [-0.4, -0.2) is 48.4 Å². The third kappa shape index (κ3) is 5.62. The number of anilines is 1. The molecule has 1 amide bonds. The van der Waals surface area contributed by atoms with Crippen LogP contribution >= 0.6 is 34.5 Å². The Balaban J connectivity index is 1.22. The molecule has 1 N–H and O–H groups in total. The maximum absolute atomic E-state index is 12.4. The second kappa shape index (κ2) is 9.94.